The molecule has 0 radical (unpaired) electrons. The summed E-state index contributed by atoms with van der Waals surface area (Å²) in [5, 5.41) is 8.23. The number of carbonyl (C=O) groups is 1. The fourth-order valence-electron chi connectivity index (χ4n) is 1.04. The molecule has 0 atom stereocenters. The van der Waals surface area contributed by atoms with Crippen LogP contribution in [-0.2, 0) is 4.79 Å². The van der Waals surface area contributed by atoms with Crippen LogP contribution < -0.4 is 0 Å². The van der Waals surface area contributed by atoms with Crippen LogP contribution in [0, 0.1) is 5.82 Å². The molecule has 0 aliphatic carbocycles. The Kier molecular flexibility index (Phi) is 2.75. The number of rotatable bonds is 3. The Labute approximate surface area is 97.3 Å². The highest BCUT2D eigenvalue weighted by Gasteiger charge is 2.65. The van der Waals surface area contributed by atoms with Gasteiger partial charge in [-0.15, -0.1) is 0 Å². The standard InChI is InChI=1S/C9H6F6O2S/c10-8-5-7(18(11,12,13,14)15)3-1-6(8)2-4-9(16)17/h1-5H,(H,16,17). The van der Waals surface area contributed by atoms with E-state index in [0.717, 1.165) is 0 Å². The van der Waals surface area contributed by atoms with Crippen molar-refractivity contribution in [2.75, 3.05) is 0 Å². The second kappa shape index (κ2) is 3.44. The summed E-state index contributed by atoms with van der Waals surface area (Å²) in [4.78, 5) is 7.75. The SMILES string of the molecule is O=C(O)C=Cc1ccc(S(F)(F)(F)(F)F)cc1F. The molecule has 2 nitrogen and oxygen atoms in total. The van der Waals surface area contributed by atoms with E-state index >= 15 is 0 Å². The molecule has 0 unspecified atom stereocenters. The van der Waals surface area contributed by atoms with Crippen LogP contribution >= 0.6 is 10.2 Å². The van der Waals surface area contributed by atoms with Crippen LogP contribution in [0.15, 0.2) is 29.2 Å². The Hall–Kier alpha value is -1.64. The van der Waals surface area contributed by atoms with Gasteiger partial charge in [0, 0.05) is 11.6 Å². The van der Waals surface area contributed by atoms with Gasteiger partial charge in [0.1, 0.15) is 10.7 Å². The Bertz CT molecular complexity index is 533. The summed E-state index contributed by atoms with van der Waals surface area (Å²) < 4.78 is 74.6. The van der Waals surface area contributed by atoms with Gasteiger partial charge in [0.15, 0.2) is 0 Å². The predicted molar refractivity (Wildman–Crippen MR) is 54.5 cm³/mol. The average molecular weight is 292 g/mol. The van der Waals surface area contributed by atoms with Gasteiger partial charge in [0.2, 0.25) is 0 Å². The van der Waals surface area contributed by atoms with Crippen molar-refractivity contribution >= 4 is 22.3 Å². The fraction of sp³-hybridized carbons (Fsp3) is 0. The van der Waals surface area contributed by atoms with E-state index in [1.807, 2.05) is 0 Å². The largest absolute Gasteiger partial charge is 0.478 e. The third kappa shape index (κ3) is 3.69. The minimum absolute atomic E-state index is 0.00611. The summed E-state index contributed by atoms with van der Waals surface area (Å²) in [6, 6.07) is 0.0806. The summed E-state index contributed by atoms with van der Waals surface area (Å²) in [5.74, 6) is -3.04. The van der Waals surface area contributed by atoms with E-state index in [2.05, 4.69) is 0 Å². The molecular formula is C9H6F6O2S. The Morgan fingerprint density at radius 1 is 1.17 bits per heavy atom. The average Bonchev–Trinajstić information content (AvgIpc) is 2.11. The monoisotopic (exact) mass is 292 g/mol. The van der Waals surface area contributed by atoms with E-state index in [-0.39, 0.29) is 12.1 Å². The maximum Gasteiger partial charge on any atom is 0.328 e. The molecule has 0 fully saturated rings. The van der Waals surface area contributed by atoms with Crippen molar-refractivity contribution in [3.8, 4) is 0 Å². The highest BCUT2D eigenvalue weighted by atomic mass is 32.5. The zero-order chi connectivity index (χ0) is 14.3. The maximum absolute atomic E-state index is 13.1. The third-order valence-electron chi connectivity index (χ3n) is 1.82. The van der Waals surface area contributed by atoms with Gasteiger partial charge in [-0.3, -0.25) is 0 Å². The van der Waals surface area contributed by atoms with Crippen molar-refractivity contribution < 1.29 is 33.7 Å². The maximum atomic E-state index is 13.1. The van der Waals surface area contributed by atoms with E-state index in [4.69, 9.17) is 5.11 Å². The minimum Gasteiger partial charge on any atom is -0.478 e. The van der Waals surface area contributed by atoms with Crippen LogP contribution in [0.1, 0.15) is 5.56 Å². The molecule has 0 bridgehead atoms. The molecule has 18 heavy (non-hydrogen) atoms. The van der Waals surface area contributed by atoms with Gasteiger partial charge in [-0.1, -0.05) is 25.5 Å². The molecule has 0 spiro atoms. The minimum atomic E-state index is -9.92. The molecule has 0 aliphatic rings. The van der Waals surface area contributed by atoms with E-state index in [9.17, 15) is 28.6 Å². The lowest BCUT2D eigenvalue weighted by Crippen LogP contribution is -2.06. The zero-order valence-electron chi connectivity index (χ0n) is 8.42. The van der Waals surface area contributed by atoms with E-state index in [1.165, 1.54) is 0 Å². The first-order chi connectivity index (χ1) is 7.79. The van der Waals surface area contributed by atoms with E-state index in [0.29, 0.717) is 18.2 Å². The Morgan fingerprint density at radius 2 is 1.72 bits per heavy atom. The number of hydrogen-bond donors (Lipinski definition) is 1. The number of carboxylic acid groups (broad SMARTS) is 1. The number of halogens is 6. The summed E-state index contributed by atoms with van der Waals surface area (Å²) in [7, 11) is -9.92. The molecule has 0 aromatic heterocycles. The molecule has 9 heteroatoms. The van der Waals surface area contributed by atoms with Crippen molar-refractivity contribution in [3.63, 3.8) is 0 Å². The summed E-state index contributed by atoms with van der Waals surface area (Å²) in [6.45, 7) is 0. The van der Waals surface area contributed by atoms with Gasteiger partial charge in [-0.05, 0) is 18.2 Å². The number of carboxylic acids is 1. The normalized spacial score (nSPS) is 16.3. The van der Waals surface area contributed by atoms with Crippen LogP contribution in [0.25, 0.3) is 6.08 Å². The number of aliphatic carboxylic acids is 1. The van der Waals surface area contributed by atoms with Gasteiger partial charge in [-0.2, -0.15) is 0 Å². The molecule has 1 aromatic carbocycles. The first-order valence-electron chi connectivity index (χ1n) is 4.24. The third-order valence-corrected chi connectivity index (χ3v) is 2.97. The molecule has 1 rings (SSSR count). The topological polar surface area (TPSA) is 37.3 Å². The van der Waals surface area contributed by atoms with E-state index < -0.39 is 32.5 Å². The lowest BCUT2D eigenvalue weighted by molar-refractivity contribution is -0.131. The number of benzene rings is 1. The van der Waals surface area contributed by atoms with Gasteiger partial charge in [-0.25, -0.2) is 9.18 Å². The second-order valence-corrected chi connectivity index (χ2v) is 5.73. The van der Waals surface area contributed by atoms with Crippen molar-refractivity contribution in [2.45, 2.75) is 4.90 Å². The molecule has 1 aromatic rings. The lowest BCUT2D eigenvalue weighted by atomic mass is 10.2. The van der Waals surface area contributed by atoms with Crippen LogP contribution in [0.3, 0.4) is 0 Å². The molecular weight excluding hydrogens is 286 g/mol. The van der Waals surface area contributed by atoms with Gasteiger partial charge in [0.05, 0.1) is 0 Å². The molecule has 0 amide bonds. The van der Waals surface area contributed by atoms with Crippen molar-refractivity contribution in [1.29, 1.82) is 0 Å². The van der Waals surface area contributed by atoms with Gasteiger partial charge >= 0.3 is 16.2 Å². The summed E-state index contributed by atoms with van der Waals surface area (Å²) in [5.41, 5.74) is -0.539. The zero-order valence-corrected chi connectivity index (χ0v) is 9.23. The van der Waals surface area contributed by atoms with Gasteiger partial charge in [0.25, 0.3) is 0 Å². The molecule has 0 aliphatic heterocycles. The summed E-state index contributed by atoms with van der Waals surface area (Å²) >= 11 is 0. The quantitative estimate of drug-likeness (QED) is 0.654. The lowest BCUT2D eigenvalue weighted by Gasteiger charge is -2.40. The smallest absolute Gasteiger partial charge is 0.328 e. The molecule has 102 valence electrons. The fourth-order valence-corrected chi connectivity index (χ4v) is 1.70. The predicted octanol–water partition coefficient (Wildman–Crippen LogP) is 4.58. The van der Waals surface area contributed by atoms with Crippen LogP contribution in [-0.4, -0.2) is 11.1 Å². The molecule has 1 N–H and O–H groups in total. The summed E-state index contributed by atoms with van der Waals surface area (Å²) in [6.07, 6.45) is 1.13. The van der Waals surface area contributed by atoms with Crippen LogP contribution in [0.5, 0.6) is 0 Å². The van der Waals surface area contributed by atoms with Crippen molar-refractivity contribution in [1.82, 2.24) is 0 Å². The van der Waals surface area contributed by atoms with Crippen molar-refractivity contribution in [2.24, 2.45) is 0 Å². The second-order valence-electron chi connectivity index (χ2n) is 3.32. The molecule has 0 saturated heterocycles. The van der Waals surface area contributed by atoms with E-state index in [1.54, 1.807) is 0 Å². The first kappa shape index (κ1) is 14.4. The molecule has 0 saturated carbocycles. The number of hydrogen-bond acceptors (Lipinski definition) is 1. The molecule has 0 heterocycles. The highest BCUT2D eigenvalue weighted by molar-refractivity contribution is 8.45. The Balaban J connectivity index is 3.29. The Morgan fingerprint density at radius 3 is 2.11 bits per heavy atom. The van der Waals surface area contributed by atoms with Crippen LogP contribution in [0.2, 0.25) is 0 Å². The van der Waals surface area contributed by atoms with Gasteiger partial charge < -0.3 is 5.11 Å². The first-order valence-corrected chi connectivity index (χ1v) is 6.19. The van der Waals surface area contributed by atoms with Crippen molar-refractivity contribution in [3.05, 3.63) is 35.7 Å². The highest BCUT2D eigenvalue weighted by Crippen LogP contribution is 3.02. The van der Waals surface area contributed by atoms with Crippen LogP contribution in [0.4, 0.5) is 23.8 Å².